The molecule has 348 valence electrons. The number of hydrogen-bond donors (Lipinski definition) is 0. The molecule has 4 aromatic rings. The van der Waals surface area contributed by atoms with E-state index in [1.165, 1.54) is 21.9 Å². The van der Waals surface area contributed by atoms with Crippen molar-refractivity contribution in [3.8, 4) is 11.5 Å². The van der Waals surface area contributed by atoms with Crippen LogP contribution in [0.2, 0.25) is 0 Å². The number of hydrogen-bond acceptors (Lipinski definition) is 13. The van der Waals surface area contributed by atoms with Gasteiger partial charge >= 0.3 is 12.4 Å². The van der Waals surface area contributed by atoms with Crippen molar-refractivity contribution < 1.29 is 66.2 Å². The summed E-state index contributed by atoms with van der Waals surface area (Å²) in [7, 11) is -8.15. The van der Waals surface area contributed by atoms with Crippen LogP contribution in [0.5, 0.6) is 11.5 Å². The Kier molecular flexibility index (Phi) is 13.4. The van der Waals surface area contributed by atoms with E-state index in [1.807, 2.05) is 0 Å². The van der Waals surface area contributed by atoms with Crippen molar-refractivity contribution in [1.82, 2.24) is 9.97 Å². The van der Waals surface area contributed by atoms with Gasteiger partial charge in [0, 0.05) is 77.3 Å². The molecule has 0 unspecified atom stereocenters. The van der Waals surface area contributed by atoms with Gasteiger partial charge in [0.2, 0.25) is 5.78 Å². The van der Waals surface area contributed by atoms with Crippen molar-refractivity contribution in [3.63, 3.8) is 0 Å². The lowest BCUT2D eigenvalue weighted by molar-refractivity contribution is -0.138. The van der Waals surface area contributed by atoms with Crippen LogP contribution < -0.4 is 29.1 Å². The number of rotatable bonds is 12. The van der Waals surface area contributed by atoms with Crippen molar-refractivity contribution in [3.05, 3.63) is 82.7 Å². The Morgan fingerprint density at radius 3 is 1.14 bits per heavy atom. The topological polar surface area (TPSA) is 143 Å². The van der Waals surface area contributed by atoms with Gasteiger partial charge in [-0.15, -0.1) is 0 Å². The number of carbonyl (C=O) groups is 1. The number of anilines is 4. The van der Waals surface area contributed by atoms with Crippen molar-refractivity contribution in [2.75, 3.05) is 84.5 Å². The van der Waals surface area contributed by atoms with Gasteiger partial charge in [0.15, 0.2) is 54.4 Å². The zero-order chi connectivity index (χ0) is 47.3. The predicted molar refractivity (Wildman–Crippen MR) is 221 cm³/mol. The predicted octanol–water partition coefficient (Wildman–Crippen LogP) is 7.06. The largest absolute Gasteiger partial charge is 0.488 e. The molecule has 0 saturated carbocycles. The fourth-order valence-electron chi connectivity index (χ4n) is 7.23. The second kappa shape index (κ2) is 17.8. The highest BCUT2D eigenvalue weighted by Crippen LogP contribution is 2.43. The molecular formula is C41H44F8N6O7S2. The lowest BCUT2D eigenvalue weighted by Gasteiger charge is -2.38. The molecule has 2 fully saturated rings. The fourth-order valence-corrected chi connectivity index (χ4v) is 8.55. The lowest BCUT2D eigenvalue weighted by atomic mass is 9.98. The molecule has 2 aromatic carbocycles. The van der Waals surface area contributed by atoms with Crippen molar-refractivity contribution >= 4 is 48.5 Å². The molecule has 6 rings (SSSR count). The van der Waals surface area contributed by atoms with Crippen molar-refractivity contribution in [2.24, 2.45) is 0 Å². The number of benzene rings is 2. The van der Waals surface area contributed by atoms with Crippen LogP contribution >= 0.6 is 0 Å². The molecule has 0 amide bonds. The summed E-state index contributed by atoms with van der Waals surface area (Å²) in [5.74, 6) is -4.09. The van der Waals surface area contributed by atoms with Crippen LogP contribution in [0.4, 0.5) is 58.1 Å². The number of alkyl halides is 6. The quantitative estimate of drug-likeness (QED) is 0.106. The summed E-state index contributed by atoms with van der Waals surface area (Å²) < 4.78 is 175. The molecule has 13 nitrogen and oxygen atoms in total. The van der Waals surface area contributed by atoms with Crippen LogP contribution in [0.3, 0.4) is 0 Å². The van der Waals surface area contributed by atoms with E-state index in [9.17, 15) is 52.0 Å². The van der Waals surface area contributed by atoms with E-state index in [1.54, 1.807) is 37.5 Å². The second-order valence-corrected chi connectivity index (χ2v) is 19.9. The lowest BCUT2D eigenvalue weighted by Crippen LogP contribution is -2.47. The van der Waals surface area contributed by atoms with Crippen molar-refractivity contribution in [1.29, 1.82) is 0 Å². The molecule has 0 atom stereocenters. The average Bonchev–Trinajstić information content (AvgIpc) is 3.19. The monoisotopic (exact) mass is 948 g/mol. The van der Waals surface area contributed by atoms with Gasteiger partial charge in [0.25, 0.3) is 0 Å². The minimum absolute atomic E-state index is 0.00373. The summed E-state index contributed by atoms with van der Waals surface area (Å²) in [5.41, 5.74) is -2.84. The van der Waals surface area contributed by atoms with Gasteiger partial charge in [-0.2, -0.15) is 26.3 Å². The van der Waals surface area contributed by atoms with Gasteiger partial charge in [0.1, 0.15) is 0 Å². The van der Waals surface area contributed by atoms with E-state index in [-0.39, 0.29) is 108 Å². The number of aromatic nitrogens is 2. The summed E-state index contributed by atoms with van der Waals surface area (Å²) in [5, 5.41) is 0. The van der Waals surface area contributed by atoms with Gasteiger partial charge in [0.05, 0.1) is 55.6 Å². The van der Waals surface area contributed by atoms with Gasteiger partial charge in [-0.3, -0.25) is 4.79 Å². The Labute approximate surface area is 364 Å². The zero-order valence-corrected chi connectivity index (χ0v) is 36.9. The van der Waals surface area contributed by atoms with E-state index >= 15 is 4.79 Å². The normalized spacial score (nSPS) is 15.6. The third-order valence-electron chi connectivity index (χ3n) is 10.3. The SMILES string of the molecule is CC(C)Oc1c(C(=O)c2cc(S(C)(=O)=O)cc(N3CCN(c4ncc(C(F)(F)F)cc4F)CC3)c2OC(C)C)cc(S(C)(=O)=O)cc1N1CCN(c2ncc(C(F)(F)F)cc2F)CC1. The maximum atomic E-state index is 15.2. The summed E-state index contributed by atoms with van der Waals surface area (Å²) in [6.45, 7) is 6.76. The van der Waals surface area contributed by atoms with Gasteiger partial charge in [-0.05, 0) is 64.1 Å². The number of pyridine rings is 2. The molecular weight excluding hydrogens is 905 g/mol. The number of piperazine rings is 2. The van der Waals surface area contributed by atoms with Crippen LogP contribution in [0, 0.1) is 11.6 Å². The molecule has 2 aliphatic rings. The number of sulfone groups is 2. The summed E-state index contributed by atoms with van der Waals surface area (Å²) in [6.07, 6.45) is -7.99. The highest BCUT2D eigenvalue weighted by atomic mass is 32.2. The Morgan fingerprint density at radius 2 is 0.875 bits per heavy atom. The first kappa shape index (κ1) is 48.0. The first-order valence-corrected chi connectivity index (χ1v) is 23.5. The molecule has 23 heteroatoms. The number of carbonyl (C=O) groups excluding carboxylic acids is 1. The second-order valence-electron chi connectivity index (χ2n) is 15.8. The molecule has 0 aliphatic carbocycles. The van der Waals surface area contributed by atoms with E-state index < -0.39 is 72.8 Å². The minimum Gasteiger partial charge on any atom is -0.488 e. The summed E-state index contributed by atoms with van der Waals surface area (Å²) in [6, 6.07) is 5.50. The zero-order valence-electron chi connectivity index (χ0n) is 35.3. The van der Waals surface area contributed by atoms with Crippen LogP contribution in [-0.2, 0) is 32.0 Å². The molecule has 0 spiro atoms. The van der Waals surface area contributed by atoms with Crippen LogP contribution in [0.15, 0.2) is 58.6 Å². The third-order valence-corrected chi connectivity index (χ3v) is 12.5. The van der Waals surface area contributed by atoms with Crippen LogP contribution in [0.1, 0.15) is 54.7 Å². The third kappa shape index (κ3) is 10.6. The maximum absolute atomic E-state index is 15.2. The highest BCUT2D eigenvalue weighted by Gasteiger charge is 2.36. The number of nitrogens with zero attached hydrogens (tertiary/aromatic N) is 6. The standard InChI is InChI=1S/C41H44F8N6O7S2/c1-23(2)61-36-29(17-27(63(5,57)58)19-33(36)52-7-11-54(12-8-52)38-31(42)15-25(21-50-38)40(44,45)46)35(56)30-18-28(64(6,59)60)20-34(37(30)62-24(3)4)53-9-13-55(14-10-53)39-32(43)16-26(22-51-39)41(47,48)49/h15-24H,7-14H2,1-6H3. The van der Waals surface area contributed by atoms with E-state index in [2.05, 4.69) is 9.97 Å². The van der Waals surface area contributed by atoms with Crippen LogP contribution in [0.25, 0.3) is 0 Å². The molecule has 4 heterocycles. The van der Waals surface area contributed by atoms with E-state index in [0.717, 1.165) is 24.6 Å². The minimum atomic E-state index is -4.82. The fraction of sp³-hybridized carbons (Fsp3) is 0.439. The smallest absolute Gasteiger partial charge is 0.417 e. The van der Waals surface area contributed by atoms with Gasteiger partial charge in [-0.1, -0.05) is 0 Å². The molecule has 0 radical (unpaired) electrons. The Bertz CT molecular complexity index is 2470. The maximum Gasteiger partial charge on any atom is 0.417 e. The average molecular weight is 949 g/mol. The summed E-state index contributed by atoms with van der Waals surface area (Å²) in [4.78, 5) is 28.1. The van der Waals surface area contributed by atoms with Crippen LogP contribution in [-0.4, -0.2) is 110 Å². The first-order valence-electron chi connectivity index (χ1n) is 19.7. The molecule has 2 aromatic heterocycles. The number of halogens is 8. The molecule has 2 saturated heterocycles. The molecule has 0 bridgehead atoms. The number of ketones is 1. The van der Waals surface area contributed by atoms with Gasteiger partial charge in [-0.25, -0.2) is 35.6 Å². The van der Waals surface area contributed by atoms with E-state index in [4.69, 9.17) is 9.47 Å². The van der Waals surface area contributed by atoms with Crippen molar-refractivity contribution in [2.45, 2.75) is 62.0 Å². The first-order chi connectivity index (χ1) is 29.6. The van der Waals surface area contributed by atoms with Gasteiger partial charge < -0.3 is 29.1 Å². The van der Waals surface area contributed by atoms with E-state index in [0.29, 0.717) is 24.5 Å². The Morgan fingerprint density at radius 1 is 0.562 bits per heavy atom. The Hall–Kier alpha value is -5.45. The molecule has 0 N–H and O–H groups in total. The molecule has 64 heavy (non-hydrogen) atoms. The number of ether oxygens (including phenoxy) is 2. The molecule has 2 aliphatic heterocycles. The summed E-state index contributed by atoms with van der Waals surface area (Å²) >= 11 is 0. The Balaban J connectivity index is 1.42. The highest BCUT2D eigenvalue weighted by molar-refractivity contribution is 7.91.